The average molecular weight is 355 g/mol. The molecule has 1 aliphatic heterocycles. The predicted octanol–water partition coefficient (Wildman–Crippen LogP) is 4.18. The zero-order valence-corrected chi connectivity index (χ0v) is 15.1. The van der Waals surface area contributed by atoms with E-state index in [0.29, 0.717) is 6.42 Å². The lowest BCUT2D eigenvalue weighted by atomic mass is 9.67. The van der Waals surface area contributed by atoms with Crippen molar-refractivity contribution in [1.29, 1.82) is 0 Å². The normalized spacial score (nSPS) is 22.3. The number of benzene rings is 2. The van der Waals surface area contributed by atoms with Gasteiger partial charge in [-0.1, -0.05) is 38.1 Å². The SMILES string of the molecule is CC1CC(C)(C)C(C(=O)c2ccccc2O)C(=O)N1c1ccccc1F. The molecule has 0 saturated carbocycles. The Morgan fingerprint density at radius 1 is 1.15 bits per heavy atom. The molecule has 1 fully saturated rings. The highest BCUT2D eigenvalue weighted by Crippen LogP contribution is 2.43. The highest BCUT2D eigenvalue weighted by Gasteiger charge is 2.50. The molecule has 2 aromatic rings. The van der Waals surface area contributed by atoms with Gasteiger partial charge in [-0.3, -0.25) is 9.59 Å². The number of carbonyl (C=O) groups is 2. The van der Waals surface area contributed by atoms with Crippen LogP contribution in [0.3, 0.4) is 0 Å². The fourth-order valence-corrected chi connectivity index (χ4v) is 3.97. The molecule has 0 bridgehead atoms. The maximum atomic E-state index is 14.3. The fraction of sp³-hybridized carbons (Fsp3) is 0.333. The largest absolute Gasteiger partial charge is 0.507 e. The third-order valence-corrected chi connectivity index (χ3v) is 5.07. The molecule has 5 heteroatoms. The van der Waals surface area contributed by atoms with Gasteiger partial charge in [0.2, 0.25) is 5.91 Å². The van der Waals surface area contributed by atoms with E-state index in [-0.39, 0.29) is 23.0 Å². The van der Waals surface area contributed by atoms with Crippen LogP contribution in [-0.2, 0) is 4.79 Å². The molecule has 3 rings (SSSR count). The summed E-state index contributed by atoms with van der Waals surface area (Å²) in [5, 5.41) is 10.0. The summed E-state index contributed by atoms with van der Waals surface area (Å²) in [4.78, 5) is 27.8. The van der Waals surface area contributed by atoms with Gasteiger partial charge in [-0.2, -0.15) is 0 Å². The molecule has 2 atom stereocenters. The van der Waals surface area contributed by atoms with Crippen molar-refractivity contribution in [3.63, 3.8) is 0 Å². The number of ketones is 1. The number of halogens is 1. The molecule has 136 valence electrons. The van der Waals surface area contributed by atoms with Gasteiger partial charge in [-0.05, 0) is 43.0 Å². The number of phenols is 1. The van der Waals surface area contributed by atoms with Crippen LogP contribution < -0.4 is 4.90 Å². The number of amides is 1. The van der Waals surface area contributed by atoms with Crippen molar-refractivity contribution in [3.8, 4) is 5.75 Å². The van der Waals surface area contributed by atoms with Crippen molar-refractivity contribution in [2.75, 3.05) is 4.90 Å². The first-order chi connectivity index (χ1) is 12.2. The average Bonchev–Trinajstić information content (AvgIpc) is 2.55. The highest BCUT2D eigenvalue weighted by molar-refractivity contribution is 6.16. The van der Waals surface area contributed by atoms with Crippen molar-refractivity contribution >= 4 is 17.4 Å². The third kappa shape index (κ3) is 2.98. The first-order valence-corrected chi connectivity index (χ1v) is 8.64. The van der Waals surface area contributed by atoms with Crippen molar-refractivity contribution in [2.24, 2.45) is 11.3 Å². The number of hydrogen-bond acceptors (Lipinski definition) is 3. The molecular weight excluding hydrogens is 333 g/mol. The van der Waals surface area contributed by atoms with E-state index < -0.39 is 28.8 Å². The van der Waals surface area contributed by atoms with E-state index in [0.717, 1.165) is 0 Å². The van der Waals surface area contributed by atoms with Crippen molar-refractivity contribution in [2.45, 2.75) is 33.2 Å². The van der Waals surface area contributed by atoms with E-state index in [1.807, 2.05) is 20.8 Å². The summed E-state index contributed by atoms with van der Waals surface area (Å²) in [5.74, 6) is -2.52. The van der Waals surface area contributed by atoms with E-state index in [1.165, 1.54) is 23.1 Å². The van der Waals surface area contributed by atoms with Gasteiger partial charge >= 0.3 is 0 Å². The minimum atomic E-state index is -0.994. The molecule has 26 heavy (non-hydrogen) atoms. The Morgan fingerprint density at radius 3 is 2.42 bits per heavy atom. The Morgan fingerprint density at radius 2 is 1.77 bits per heavy atom. The Kier molecular flexibility index (Phi) is 4.57. The Labute approximate surface area is 152 Å². The zero-order chi connectivity index (χ0) is 19.1. The van der Waals surface area contributed by atoms with E-state index in [1.54, 1.807) is 30.3 Å². The molecule has 0 spiro atoms. The monoisotopic (exact) mass is 355 g/mol. The van der Waals surface area contributed by atoms with E-state index in [4.69, 9.17) is 0 Å². The highest BCUT2D eigenvalue weighted by atomic mass is 19.1. The third-order valence-electron chi connectivity index (χ3n) is 5.07. The quantitative estimate of drug-likeness (QED) is 0.664. The van der Waals surface area contributed by atoms with Gasteiger partial charge in [0, 0.05) is 6.04 Å². The first kappa shape index (κ1) is 18.1. The lowest BCUT2D eigenvalue weighted by molar-refractivity contribution is -0.127. The van der Waals surface area contributed by atoms with Crippen LogP contribution in [0.2, 0.25) is 0 Å². The summed E-state index contributed by atoms with van der Waals surface area (Å²) in [6.07, 6.45) is 0.539. The molecule has 1 aliphatic rings. The van der Waals surface area contributed by atoms with Crippen LogP contribution in [0, 0.1) is 17.2 Å². The molecule has 0 radical (unpaired) electrons. The minimum Gasteiger partial charge on any atom is -0.507 e. The summed E-state index contributed by atoms with van der Waals surface area (Å²) in [6, 6.07) is 12.0. The van der Waals surface area contributed by atoms with E-state index in [2.05, 4.69) is 0 Å². The van der Waals surface area contributed by atoms with E-state index in [9.17, 15) is 19.1 Å². The van der Waals surface area contributed by atoms with Gasteiger partial charge in [0.1, 0.15) is 17.5 Å². The summed E-state index contributed by atoms with van der Waals surface area (Å²) in [6.45, 7) is 5.58. The fourth-order valence-electron chi connectivity index (χ4n) is 3.97. The lowest BCUT2D eigenvalue weighted by Gasteiger charge is -2.46. The summed E-state index contributed by atoms with van der Waals surface area (Å²) >= 11 is 0. The number of rotatable bonds is 3. The molecular formula is C21H22FNO3. The number of phenolic OH excluding ortho intramolecular Hbond substituents is 1. The van der Waals surface area contributed by atoms with E-state index >= 15 is 0 Å². The molecule has 2 unspecified atom stereocenters. The van der Waals surface area contributed by atoms with Crippen molar-refractivity contribution in [3.05, 3.63) is 59.9 Å². The number of anilines is 1. The number of Topliss-reactive ketones (excluding diaryl/α,β-unsaturated/α-hetero) is 1. The molecule has 1 N–H and O–H groups in total. The maximum absolute atomic E-state index is 14.3. The predicted molar refractivity (Wildman–Crippen MR) is 97.7 cm³/mol. The second-order valence-electron chi connectivity index (χ2n) is 7.52. The van der Waals surface area contributed by atoms with Gasteiger partial charge in [-0.25, -0.2) is 4.39 Å². The van der Waals surface area contributed by atoms with Crippen LogP contribution >= 0.6 is 0 Å². The molecule has 1 amide bonds. The van der Waals surface area contributed by atoms with Crippen molar-refractivity contribution in [1.82, 2.24) is 0 Å². The van der Waals surface area contributed by atoms with Gasteiger partial charge in [0.25, 0.3) is 0 Å². The Balaban J connectivity index is 2.06. The topological polar surface area (TPSA) is 57.6 Å². The zero-order valence-electron chi connectivity index (χ0n) is 15.1. The first-order valence-electron chi connectivity index (χ1n) is 8.64. The summed E-state index contributed by atoms with van der Waals surface area (Å²) < 4.78 is 14.3. The van der Waals surface area contributed by atoms with Gasteiger partial charge in [0.05, 0.1) is 11.3 Å². The molecule has 0 aliphatic carbocycles. The minimum absolute atomic E-state index is 0.113. The van der Waals surface area contributed by atoms with Crippen LogP contribution in [-0.4, -0.2) is 22.8 Å². The molecule has 4 nitrogen and oxygen atoms in total. The number of hydrogen-bond donors (Lipinski definition) is 1. The summed E-state index contributed by atoms with van der Waals surface area (Å²) in [7, 11) is 0. The Hall–Kier alpha value is -2.69. The maximum Gasteiger partial charge on any atom is 0.238 e. The number of piperidine rings is 1. The number of aromatic hydroxyl groups is 1. The van der Waals surface area contributed by atoms with Crippen LogP contribution in [0.15, 0.2) is 48.5 Å². The standard InChI is InChI=1S/C21H22FNO3/c1-13-12-21(2,3)18(19(25)14-8-4-7-11-17(14)24)20(26)23(13)16-10-6-5-9-15(16)22/h4-11,13,18,24H,12H2,1-3H3. The number of para-hydroxylation sites is 2. The smallest absolute Gasteiger partial charge is 0.238 e. The van der Waals surface area contributed by atoms with Crippen molar-refractivity contribution < 1.29 is 19.1 Å². The second kappa shape index (κ2) is 6.56. The van der Waals surface area contributed by atoms with Gasteiger partial charge in [0.15, 0.2) is 5.78 Å². The molecule has 1 heterocycles. The number of carbonyl (C=O) groups excluding carboxylic acids is 2. The lowest BCUT2D eigenvalue weighted by Crippen LogP contribution is -2.56. The Bertz CT molecular complexity index is 862. The molecule has 2 aromatic carbocycles. The van der Waals surface area contributed by atoms with Crippen LogP contribution in [0.25, 0.3) is 0 Å². The van der Waals surface area contributed by atoms with Gasteiger partial charge in [-0.15, -0.1) is 0 Å². The van der Waals surface area contributed by atoms with Gasteiger partial charge < -0.3 is 10.0 Å². The van der Waals surface area contributed by atoms with Crippen LogP contribution in [0.4, 0.5) is 10.1 Å². The molecule has 0 aromatic heterocycles. The number of nitrogens with zero attached hydrogens (tertiary/aromatic N) is 1. The van der Waals surface area contributed by atoms with Crippen LogP contribution in [0.5, 0.6) is 5.75 Å². The second-order valence-corrected chi connectivity index (χ2v) is 7.52. The molecule has 1 saturated heterocycles. The van der Waals surface area contributed by atoms with Crippen LogP contribution in [0.1, 0.15) is 37.6 Å². The summed E-state index contributed by atoms with van der Waals surface area (Å²) in [5.41, 5.74) is -0.324.